The van der Waals surface area contributed by atoms with Crippen LogP contribution in [0, 0.1) is 0 Å². The first-order chi connectivity index (χ1) is 10.8. The van der Waals surface area contributed by atoms with Gasteiger partial charge in [-0.25, -0.2) is 4.79 Å². The third-order valence-electron chi connectivity index (χ3n) is 3.82. The van der Waals surface area contributed by atoms with E-state index < -0.39 is 0 Å². The lowest BCUT2D eigenvalue weighted by Crippen LogP contribution is -2.40. The Labute approximate surface area is 130 Å². The van der Waals surface area contributed by atoms with Gasteiger partial charge in [0.05, 0.1) is 6.10 Å². The van der Waals surface area contributed by atoms with E-state index >= 15 is 0 Å². The maximum Gasteiger partial charge on any atom is 0.314 e. The third kappa shape index (κ3) is 4.04. The van der Waals surface area contributed by atoms with E-state index in [0.717, 1.165) is 42.9 Å². The second kappa shape index (κ2) is 7.35. The van der Waals surface area contributed by atoms with E-state index in [0.29, 0.717) is 26.3 Å². The van der Waals surface area contributed by atoms with Crippen molar-refractivity contribution in [3.05, 3.63) is 23.8 Å². The summed E-state index contributed by atoms with van der Waals surface area (Å²) in [6.07, 6.45) is 3.03. The number of carbonyl (C=O) groups excluding carboxylic acids is 1. The SMILES string of the molecule is O=C(NCCc1ccc2c(c1)OCCO2)NC[C@H]1CCCO1. The largest absolute Gasteiger partial charge is 0.486 e. The van der Waals surface area contributed by atoms with Crippen LogP contribution in [0.15, 0.2) is 18.2 Å². The molecule has 0 saturated carbocycles. The highest BCUT2D eigenvalue weighted by atomic mass is 16.6. The highest BCUT2D eigenvalue weighted by molar-refractivity contribution is 5.73. The summed E-state index contributed by atoms with van der Waals surface area (Å²) in [7, 11) is 0. The molecule has 0 aromatic heterocycles. The summed E-state index contributed by atoms with van der Waals surface area (Å²) in [4.78, 5) is 11.7. The molecule has 0 aliphatic carbocycles. The number of fused-ring (bicyclic) bond motifs is 1. The molecule has 22 heavy (non-hydrogen) atoms. The predicted octanol–water partition coefficient (Wildman–Crippen LogP) is 1.48. The van der Waals surface area contributed by atoms with Gasteiger partial charge < -0.3 is 24.8 Å². The van der Waals surface area contributed by atoms with Crippen molar-refractivity contribution in [2.24, 2.45) is 0 Å². The fourth-order valence-electron chi connectivity index (χ4n) is 2.64. The van der Waals surface area contributed by atoms with E-state index in [1.165, 1.54) is 0 Å². The molecule has 6 nitrogen and oxygen atoms in total. The van der Waals surface area contributed by atoms with Crippen LogP contribution in [0.5, 0.6) is 11.5 Å². The molecule has 0 radical (unpaired) electrons. The van der Waals surface area contributed by atoms with Gasteiger partial charge in [0.15, 0.2) is 11.5 Å². The zero-order valence-corrected chi connectivity index (χ0v) is 12.6. The number of benzene rings is 1. The lowest BCUT2D eigenvalue weighted by Gasteiger charge is -2.19. The number of rotatable bonds is 5. The molecule has 1 aromatic rings. The Bertz CT molecular complexity index is 515. The first kappa shape index (κ1) is 15.0. The maximum absolute atomic E-state index is 11.7. The van der Waals surface area contributed by atoms with Gasteiger partial charge in [-0.15, -0.1) is 0 Å². The standard InChI is InChI=1S/C16H22N2O4/c19-16(18-11-13-2-1-7-20-13)17-6-5-12-3-4-14-15(10-12)22-9-8-21-14/h3-4,10,13H,1-2,5-9,11H2,(H2,17,18,19)/t13-/m1/s1. The molecule has 2 N–H and O–H groups in total. The van der Waals surface area contributed by atoms with Crippen LogP contribution in [0.1, 0.15) is 18.4 Å². The summed E-state index contributed by atoms with van der Waals surface area (Å²) in [5, 5.41) is 5.70. The molecule has 1 fully saturated rings. The molecule has 120 valence electrons. The Morgan fingerprint density at radius 2 is 2.00 bits per heavy atom. The van der Waals surface area contributed by atoms with Crippen LogP contribution in [-0.4, -0.2) is 45.0 Å². The van der Waals surface area contributed by atoms with E-state index in [1.54, 1.807) is 0 Å². The Morgan fingerprint density at radius 3 is 2.82 bits per heavy atom. The van der Waals surface area contributed by atoms with Crippen LogP contribution in [0.4, 0.5) is 4.79 Å². The van der Waals surface area contributed by atoms with Crippen LogP contribution >= 0.6 is 0 Å². The van der Waals surface area contributed by atoms with Gasteiger partial charge in [0.25, 0.3) is 0 Å². The average Bonchev–Trinajstić information content (AvgIpc) is 3.06. The van der Waals surface area contributed by atoms with Crippen LogP contribution in [0.3, 0.4) is 0 Å². The summed E-state index contributed by atoms with van der Waals surface area (Å²) in [6, 6.07) is 5.74. The van der Waals surface area contributed by atoms with Gasteiger partial charge in [-0.05, 0) is 37.0 Å². The smallest absolute Gasteiger partial charge is 0.314 e. The van der Waals surface area contributed by atoms with Crippen LogP contribution in [0.25, 0.3) is 0 Å². The van der Waals surface area contributed by atoms with E-state index in [1.807, 2.05) is 18.2 Å². The lowest BCUT2D eigenvalue weighted by atomic mass is 10.1. The number of ether oxygens (including phenoxy) is 3. The van der Waals surface area contributed by atoms with Gasteiger partial charge in [-0.2, -0.15) is 0 Å². The molecule has 3 rings (SSSR count). The molecular formula is C16H22N2O4. The Morgan fingerprint density at radius 1 is 1.14 bits per heavy atom. The van der Waals surface area contributed by atoms with E-state index in [9.17, 15) is 4.79 Å². The second-order valence-electron chi connectivity index (χ2n) is 5.50. The van der Waals surface area contributed by atoms with E-state index in [4.69, 9.17) is 14.2 Å². The van der Waals surface area contributed by atoms with Crippen molar-refractivity contribution in [3.8, 4) is 11.5 Å². The molecule has 0 bridgehead atoms. The van der Waals surface area contributed by atoms with E-state index in [-0.39, 0.29) is 12.1 Å². The number of hydrogen-bond acceptors (Lipinski definition) is 4. The zero-order chi connectivity index (χ0) is 15.2. The molecule has 6 heteroatoms. The molecule has 2 amide bonds. The minimum atomic E-state index is -0.145. The molecule has 2 heterocycles. The van der Waals surface area contributed by atoms with Gasteiger partial charge in [-0.1, -0.05) is 6.07 Å². The highest BCUT2D eigenvalue weighted by Gasteiger charge is 2.16. The Hall–Kier alpha value is -1.95. The maximum atomic E-state index is 11.7. The Balaban J connectivity index is 1.38. The molecule has 0 spiro atoms. The normalized spacial score (nSPS) is 19.7. The summed E-state index contributed by atoms with van der Waals surface area (Å²) in [5.74, 6) is 1.57. The fraction of sp³-hybridized carbons (Fsp3) is 0.562. The summed E-state index contributed by atoms with van der Waals surface area (Å²) >= 11 is 0. The molecular weight excluding hydrogens is 284 g/mol. The van der Waals surface area contributed by atoms with Crippen LogP contribution in [0.2, 0.25) is 0 Å². The predicted molar refractivity (Wildman–Crippen MR) is 81.5 cm³/mol. The first-order valence-electron chi connectivity index (χ1n) is 7.83. The topological polar surface area (TPSA) is 68.8 Å². The average molecular weight is 306 g/mol. The van der Waals surface area contributed by atoms with Gasteiger partial charge in [0.1, 0.15) is 13.2 Å². The fourth-order valence-corrected chi connectivity index (χ4v) is 2.64. The van der Waals surface area contributed by atoms with Crippen LogP contribution < -0.4 is 20.1 Å². The monoisotopic (exact) mass is 306 g/mol. The first-order valence-corrected chi connectivity index (χ1v) is 7.83. The molecule has 0 unspecified atom stereocenters. The number of carbonyl (C=O) groups is 1. The zero-order valence-electron chi connectivity index (χ0n) is 12.6. The molecule has 1 saturated heterocycles. The summed E-state index contributed by atoms with van der Waals surface area (Å²) in [6.45, 7) is 3.14. The summed E-state index contributed by atoms with van der Waals surface area (Å²) < 4.78 is 16.5. The molecule has 2 aliphatic rings. The molecule has 2 aliphatic heterocycles. The number of nitrogens with one attached hydrogen (secondary N) is 2. The lowest BCUT2D eigenvalue weighted by molar-refractivity contribution is 0.111. The van der Waals surface area contributed by atoms with E-state index in [2.05, 4.69) is 10.6 Å². The van der Waals surface area contributed by atoms with Crippen molar-refractivity contribution < 1.29 is 19.0 Å². The third-order valence-corrected chi connectivity index (χ3v) is 3.82. The molecule has 1 aromatic carbocycles. The molecule has 1 atom stereocenters. The number of hydrogen-bond donors (Lipinski definition) is 2. The Kier molecular flexibility index (Phi) is 5.00. The number of urea groups is 1. The minimum Gasteiger partial charge on any atom is -0.486 e. The quantitative estimate of drug-likeness (QED) is 0.864. The van der Waals surface area contributed by atoms with Crippen molar-refractivity contribution in [3.63, 3.8) is 0 Å². The minimum absolute atomic E-state index is 0.145. The van der Waals surface area contributed by atoms with Gasteiger partial charge in [0, 0.05) is 19.7 Å². The van der Waals surface area contributed by atoms with Gasteiger partial charge >= 0.3 is 6.03 Å². The highest BCUT2D eigenvalue weighted by Crippen LogP contribution is 2.30. The van der Waals surface area contributed by atoms with Crippen LogP contribution in [-0.2, 0) is 11.2 Å². The van der Waals surface area contributed by atoms with Crippen molar-refractivity contribution in [1.29, 1.82) is 0 Å². The second-order valence-corrected chi connectivity index (χ2v) is 5.50. The van der Waals surface area contributed by atoms with Gasteiger partial charge in [-0.3, -0.25) is 0 Å². The number of amides is 2. The van der Waals surface area contributed by atoms with Crippen molar-refractivity contribution in [2.75, 3.05) is 32.9 Å². The van der Waals surface area contributed by atoms with Gasteiger partial charge in [0.2, 0.25) is 0 Å². The van der Waals surface area contributed by atoms with Crippen molar-refractivity contribution in [2.45, 2.75) is 25.4 Å². The van der Waals surface area contributed by atoms with Crippen molar-refractivity contribution in [1.82, 2.24) is 10.6 Å². The van der Waals surface area contributed by atoms with Crippen molar-refractivity contribution >= 4 is 6.03 Å². The summed E-state index contributed by atoms with van der Waals surface area (Å²) in [5.41, 5.74) is 1.11.